The molecule has 0 bridgehead atoms. The van der Waals surface area contributed by atoms with E-state index in [1.54, 1.807) is 0 Å². The molecule has 0 amide bonds. The first-order valence-electron chi connectivity index (χ1n) is 34.4. The highest BCUT2D eigenvalue weighted by molar-refractivity contribution is 5.73. The molecule has 28 heteroatoms. The van der Waals surface area contributed by atoms with Gasteiger partial charge in [0, 0.05) is 19.8 Å². The van der Waals surface area contributed by atoms with Gasteiger partial charge in [0.2, 0.25) is 0 Å². The first-order chi connectivity index (χ1) is 44.4. The van der Waals surface area contributed by atoms with Crippen LogP contribution in [0.3, 0.4) is 0 Å². The number of aliphatic hydroxyl groups excluding tert-OH is 10. The normalized spacial score (nSPS) is 40.0. The predicted octanol–water partition coefficient (Wildman–Crippen LogP) is 2.82. The molecule has 0 radical (unpaired) electrons. The summed E-state index contributed by atoms with van der Waals surface area (Å²) in [5.74, 6) is -4.60. The van der Waals surface area contributed by atoms with Gasteiger partial charge in [-0.15, -0.1) is 0 Å². The Balaban J connectivity index is 1.34. The highest BCUT2D eigenvalue weighted by Gasteiger charge is 2.59. The molecule has 540 valence electrons. The molecule has 28 atom stereocenters. The lowest BCUT2D eigenvalue weighted by Gasteiger charge is -2.50. The summed E-state index contributed by atoms with van der Waals surface area (Å²) in [6.45, 7) is 10.8. The molecule has 0 aromatic heterocycles. The van der Waals surface area contributed by atoms with E-state index in [9.17, 15) is 70.2 Å². The third kappa shape index (κ3) is 22.5. The Kier molecular flexibility index (Phi) is 33.7. The van der Waals surface area contributed by atoms with Gasteiger partial charge in [-0.1, -0.05) is 123 Å². The van der Waals surface area contributed by atoms with E-state index >= 15 is 0 Å². The van der Waals surface area contributed by atoms with Gasteiger partial charge in [0.15, 0.2) is 62.0 Å². The van der Waals surface area contributed by atoms with Crippen LogP contribution in [0.2, 0.25) is 0 Å². The van der Waals surface area contributed by atoms with Crippen LogP contribution in [-0.4, -0.2) is 254 Å². The van der Waals surface area contributed by atoms with Crippen molar-refractivity contribution in [3.05, 3.63) is 0 Å². The van der Waals surface area contributed by atoms with E-state index in [0.717, 1.165) is 110 Å². The average molecular weight is 1340 g/mol. The Morgan fingerprint density at radius 2 is 1.02 bits per heavy atom. The number of unbranched alkanes of at least 4 members (excludes halogenated alkanes) is 10. The third-order valence-electron chi connectivity index (χ3n) is 18.6. The first kappa shape index (κ1) is 79.1. The lowest BCUT2D eigenvalue weighted by atomic mass is 9.95. The van der Waals surface area contributed by atoms with Crippen LogP contribution < -0.4 is 0 Å². The molecule has 93 heavy (non-hydrogen) atoms. The number of carbonyl (C=O) groups excluding carboxylic acids is 4. The summed E-state index contributed by atoms with van der Waals surface area (Å²) in [5, 5.41) is 112. The molecular weight excluding hydrogens is 1230 g/mol. The van der Waals surface area contributed by atoms with Crippen LogP contribution in [0.4, 0.5) is 0 Å². The van der Waals surface area contributed by atoms with E-state index in [4.69, 9.17) is 66.3 Å². The summed E-state index contributed by atoms with van der Waals surface area (Å²) in [5.41, 5.74) is 0. The molecule has 10 N–H and O–H groups in total. The number of rotatable bonds is 27. The summed E-state index contributed by atoms with van der Waals surface area (Å²) < 4.78 is 87.3. The van der Waals surface area contributed by atoms with Crippen molar-refractivity contribution in [3.8, 4) is 0 Å². The zero-order valence-corrected chi connectivity index (χ0v) is 55.7. The molecule has 0 spiro atoms. The second kappa shape index (κ2) is 39.6. The molecule has 6 rings (SSSR count). The molecule has 0 saturated carbocycles. The molecule has 6 saturated heterocycles. The summed E-state index contributed by atoms with van der Waals surface area (Å²) in [7, 11) is 0. The van der Waals surface area contributed by atoms with Gasteiger partial charge >= 0.3 is 23.9 Å². The van der Waals surface area contributed by atoms with Gasteiger partial charge in [0.1, 0.15) is 73.2 Å². The number of hydrogen-bond donors (Lipinski definition) is 10. The number of carbonyl (C=O) groups is 4. The van der Waals surface area contributed by atoms with Crippen LogP contribution in [-0.2, 0) is 85.5 Å². The highest BCUT2D eigenvalue weighted by atomic mass is 16.8. The minimum atomic E-state index is -2.05. The van der Waals surface area contributed by atoms with Crippen molar-refractivity contribution in [2.24, 2.45) is 5.92 Å². The van der Waals surface area contributed by atoms with Gasteiger partial charge in [0.25, 0.3) is 0 Å². The topological polar surface area (TPSA) is 400 Å². The van der Waals surface area contributed by atoms with E-state index in [2.05, 4.69) is 13.8 Å². The molecule has 0 aromatic carbocycles. The molecule has 6 heterocycles. The maximum atomic E-state index is 14.1. The molecular formula is C65H112O28. The Morgan fingerprint density at radius 1 is 0.495 bits per heavy atom. The second-order valence-electron chi connectivity index (χ2n) is 26.2. The van der Waals surface area contributed by atoms with Gasteiger partial charge in [-0.3, -0.25) is 19.2 Å². The smallest absolute Gasteiger partial charge is 0.311 e. The van der Waals surface area contributed by atoms with Crippen molar-refractivity contribution in [3.63, 3.8) is 0 Å². The molecule has 0 aromatic rings. The van der Waals surface area contributed by atoms with Crippen LogP contribution in [0, 0.1) is 5.92 Å². The lowest BCUT2D eigenvalue weighted by Crippen LogP contribution is -2.68. The van der Waals surface area contributed by atoms with Crippen molar-refractivity contribution in [2.45, 2.75) is 369 Å². The maximum Gasteiger partial charge on any atom is 0.311 e. The molecule has 6 aliphatic heterocycles. The first-order valence-corrected chi connectivity index (χ1v) is 34.4. The number of ether oxygens (including phenoxy) is 14. The minimum Gasteiger partial charge on any atom is -0.456 e. The monoisotopic (exact) mass is 1340 g/mol. The fraction of sp³-hybridized carbons (Fsp3) is 0.938. The number of fused-ring (bicyclic) bond motifs is 2. The maximum absolute atomic E-state index is 14.1. The second-order valence-corrected chi connectivity index (χ2v) is 26.2. The third-order valence-corrected chi connectivity index (χ3v) is 18.6. The van der Waals surface area contributed by atoms with Crippen molar-refractivity contribution < 1.29 is 137 Å². The van der Waals surface area contributed by atoms with Gasteiger partial charge in [-0.25, -0.2) is 0 Å². The van der Waals surface area contributed by atoms with Crippen LogP contribution in [0.15, 0.2) is 0 Å². The quantitative estimate of drug-likeness (QED) is 0.0321. The van der Waals surface area contributed by atoms with Crippen LogP contribution in [0.5, 0.6) is 0 Å². The SMILES string of the molecule is CCCCCCCCCCCC(=O)O[C@H]1[C@H](O[C@@H]2[C@@H](O)[C@H]3OC(=O)CCCCCCCCCC(CCCCC)O[C@@H]4O[C@H](CO)[C@@H](O)[C@H](O)[C@H]4O[C@H]3O[C@H]2C)O[C@@H](C)[C@H](O[C@@H]2O[C@@H](C)[C@H](OC(C)=O)[C@@H](OC(=O)C(C)C(C)O)[C@H]2O[C@@H]2O[C@H](CO)[C@@H](O)[C@H](O)[C@H]2O)[C@H]1O. The van der Waals surface area contributed by atoms with Gasteiger partial charge in [-0.05, 0) is 60.3 Å². The van der Waals surface area contributed by atoms with Crippen molar-refractivity contribution in [2.75, 3.05) is 13.2 Å². The zero-order valence-electron chi connectivity index (χ0n) is 55.7. The Bertz CT molecular complexity index is 2180. The average Bonchev–Trinajstić information content (AvgIpc) is 0.780. The van der Waals surface area contributed by atoms with Gasteiger partial charge < -0.3 is 117 Å². The largest absolute Gasteiger partial charge is 0.456 e. The summed E-state index contributed by atoms with van der Waals surface area (Å²) >= 11 is 0. The molecule has 0 aliphatic carbocycles. The van der Waals surface area contributed by atoms with Crippen molar-refractivity contribution in [1.29, 1.82) is 0 Å². The van der Waals surface area contributed by atoms with E-state index in [1.807, 2.05) is 0 Å². The molecule has 6 fully saturated rings. The summed E-state index contributed by atoms with van der Waals surface area (Å²) in [4.78, 5) is 54.5. The lowest BCUT2D eigenvalue weighted by molar-refractivity contribution is -0.396. The molecule has 28 nitrogen and oxygen atoms in total. The van der Waals surface area contributed by atoms with E-state index in [0.29, 0.717) is 32.1 Å². The Hall–Kier alpha value is -2.92. The number of aliphatic hydroxyl groups is 10. The molecule has 6 aliphatic rings. The predicted molar refractivity (Wildman–Crippen MR) is 324 cm³/mol. The summed E-state index contributed by atoms with van der Waals surface area (Å²) in [6.07, 6.45) is -25.4. The van der Waals surface area contributed by atoms with Crippen LogP contribution in [0.25, 0.3) is 0 Å². The van der Waals surface area contributed by atoms with E-state index in [1.165, 1.54) is 34.6 Å². The Labute approximate surface area is 546 Å². The molecule has 3 unspecified atom stereocenters. The van der Waals surface area contributed by atoms with Gasteiger partial charge in [-0.2, -0.15) is 0 Å². The fourth-order valence-corrected chi connectivity index (χ4v) is 12.7. The number of hydrogen-bond acceptors (Lipinski definition) is 28. The minimum absolute atomic E-state index is 0.0610. The standard InChI is InChI=1S/C65H112O28/c1-9-11-13-14-15-16-19-22-26-30-43(70)87-56-51(78)53(91-65-59(93-61-49(76)47(74)45(72)41(32-66)85-61)58(89-60(79)34(3)35(4)68)54(38(7)82-65)83-39(8)69)37(6)80-62(56)90-52-36(5)81-63-57(50(52)77)88-44(71)31-27-23-20-17-18-21-25-29-40(28-24-12-10-2)84-64-55(92-63)48(75)46(73)42(33-67)86-64/h34-38,40-42,45-59,61-68,72-78H,9-33H2,1-8H3/t34?,35?,36-,37-,38-,40?,41+,42+,45+,46+,47-,48-,49+,50+,51+,52-,53-,54-,55+,56+,57+,58+,59+,61-,62-,63+,64+,65-/m0/s1. The summed E-state index contributed by atoms with van der Waals surface area (Å²) in [6, 6.07) is 0. The van der Waals surface area contributed by atoms with Crippen molar-refractivity contribution in [1.82, 2.24) is 0 Å². The van der Waals surface area contributed by atoms with Crippen LogP contribution in [0.1, 0.15) is 203 Å². The Morgan fingerprint density at radius 3 is 1.65 bits per heavy atom. The van der Waals surface area contributed by atoms with E-state index in [-0.39, 0.29) is 18.9 Å². The van der Waals surface area contributed by atoms with Gasteiger partial charge in [0.05, 0.1) is 49.7 Å². The number of esters is 4. The van der Waals surface area contributed by atoms with E-state index < -0.39 is 203 Å². The zero-order chi connectivity index (χ0) is 68.1. The fourth-order valence-electron chi connectivity index (χ4n) is 12.7. The highest BCUT2D eigenvalue weighted by Crippen LogP contribution is 2.40. The van der Waals surface area contributed by atoms with Crippen molar-refractivity contribution >= 4 is 23.9 Å². The van der Waals surface area contributed by atoms with Crippen LogP contribution >= 0.6 is 0 Å².